The van der Waals surface area contributed by atoms with Gasteiger partial charge in [-0.05, 0) is 94.5 Å². The Morgan fingerprint density at radius 2 is 0.981 bits per heavy atom. The molecule has 3 heteroatoms. The first-order chi connectivity index (χ1) is 26.5. The van der Waals surface area contributed by atoms with Gasteiger partial charge in [-0.2, -0.15) is 0 Å². The van der Waals surface area contributed by atoms with Gasteiger partial charge in [0.1, 0.15) is 0 Å². The minimum atomic E-state index is -0.0464. The SMILES string of the molecule is CC1(C)c2ccccc2-c2cc(N(c3ccc(-c4ccccc4-n4c5ccccc5c5ccccc54)cc3)c3ccc4sc5ccccc5c4c3)ccc21. The Morgan fingerprint density at radius 1 is 0.426 bits per heavy atom. The Bertz CT molecular complexity index is 3030. The summed E-state index contributed by atoms with van der Waals surface area (Å²) in [5.74, 6) is 0. The molecule has 0 saturated heterocycles. The lowest BCUT2D eigenvalue weighted by atomic mass is 9.82. The molecule has 0 bridgehead atoms. The van der Waals surface area contributed by atoms with Crippen LogP contribution in [0.4, 0.5) is 17.1 Å². The van der Waals surface area contributed by atoms with Crippen LogP contribution < -0.4 is 4.90 Å². The van der Waals surface area contributed by atoms with Crippen molar-refractivity contribution < 1.29 is 0 Å². The first-order valence-corrected chi connectivity index (χ1v) is 19.5. The molecule has 54 heavy (non-hydrogen) atoms. The molecule has 2 nitrogen and oxygen atoms in total. The Labute approximate surface area is 318 Å². The highest BCUT2D eigenvalue weighted by Crippen LogP contribution is 2.51. The van der Waals surface area contributed by atoms with Crippen LogP contribution in [0.1, 0.15) is 25.0 Å². The maximum atomic E-state index is 2.43. The topological polar surface area (TPSA) is 8.17 Å². The normalized spacial score (nSPS) is 13.1. The van der Waals surface area contributed by atoms with Crippen molar-refractivity contribution in [2.24, 2.45) is 0 Å². The van der Waals surface area contributed by atoms with Crippen LogP contribution in [0, 0.1) is 0 Å². The zero-order valence-corrected chi connectivity index (χ0v) is 30.9. The second-order valence-corrected chi connectivity index (χ2v) is 16.0. The van der Waals surface area contributed by atoms with Gasteiger partial charge >= 0.3 is 0 Å². The third kappa shape index (κ3) is 4.58. The summed E-state index contributed by atoms with van der Waals surface area (Å²) in [7, 11) is 0. The molecule has 8 aromatic carbocycles. The summed E-state index contributed by atoms with van der Waals surface area (Å²) in [6.07, 6.45) is 0. The van der Waals surface area contributed by atoms with Gasteiger partial charge in [-0.25, -0.2) is 0 Å². The Balaban J connectivity index is 1.08. The second-order valence-electron chi connectivity index (χ2n) is 14.9. The van der Waals surface area contributed by atoms with Gasteiger partial charge in [0.15, 0.2) is 0 Å². The monoisotopic (exact) mass is 708 g/mol. The maximum Gasteiger partial charge on any atom is 0.0541 e. The van der Waals surface area contributed by atoms with Crippen LogP contribution in [0.15, 0.2) is 182 Å². The summed E-state index contributed by atoms with van der Waals surface area (Å²) < 4.78 is 5.05. The molecule has 256 valence electrons. The summed E-state index contributed by atoms with van der Waals surface area (Å²) >= 11 is 1.86. The van der Waals surface area contributed by atoms with E-state index in [1.54, 1.807) is 0 Å². The number of nitrogens with zero attached hydrogens (tertiary/aromatic N) is 2. The highest BCUT2D eigenvalue weighted by atomic mass is 32.1. The summed E-state index contributed by atoms with van der Waals surface area (Å²) in [5.41, 5.74) is 14.8. The lowest BCUT2D eigenvalue weighted by Gasteiger charge is -2.27. The van der Waals surface area contributed by atoms with Crippen LogP contribution >= 0.6 is 11.3 Å². The molecule has 0 unspecified atom stereocenters. The van der Waals surface area contributed by atoms with Crippen LogP contribution in [-0.4, -0.2) is 4.57 Å². The van der Waals surface area contributed by atoms with E-state index in [4.69, 9.17) is 0 Å². The van der Waals surface area contributed by atoms with Crippen molar-refractivity contribution in [1.29, 1.82) is 0 Å². The number of aromatic nitrogens is 1. The van der Waals surface area contributed by atoms with E-state index in [1.807, 2.05) is 11.3 Å². The van der Waals surface area contributed by atoms with Crippen molar-refractivity contribution in [1.82, 2.24) is 4.57 Å². The number of benzene rings is 8. The fourth-order valence-electron chi connectivity index (χ4n) is 9.03. The third-order valence-electron chi connectivity index (χ3n) is 11.6. The molecule has 2 aromatic heterocycles. The average molecular weight is 709 g/mol. The quantitative estimate of drug-likeness (QED) is 0.173. The maximum absolute atomic E-state index is 2.43. The second kappa shape index (κ2) is 11.8. The van der Waals surface area contributed by atoms with E-state index in [9.17, 15) is 0 Å². The Kier molecular flexibility index (Phi) is 6.80. The number of fused-ring (bicyclic) bond motifs is 9. The minimum Gasteiger partial charge on any atom is -0.310 e. The molecule has 1 aliphatic carbocycles. The third-order valence-corrected chi connectivity index (χ3v) is 12.8. The van der Waals surface area contributed by atoms with Gasteiger partial charge < -0.3 is 9.47 Å². The molecule has 0 spiro atoms. The van der Waals surface area contributed by atoms with Crippen LogP contribution in [0.5, 0.6) is 0 Å². The van der Waals surface area contributed by atoms with Crippen LogP contribution in [0.2, 0.25) is 0 Å². The average Bonchev–Trinajstić information content (AvgIpc) is 3.84. The molecule has 0 N–H and O–H groups in total. The minimum absolute atomic E-state index is 0.0464. The highest BCUT2D eigenvalue weighted by molar-refractivity contribution is 7.25. The summed E-state index contributed by atoms with van der Waals surface area (Å²) in [6.45, 7) is 4.70. The molecule has 0 fully saturated rings. The van der Waals surface area contributed by atoms with Crippen molar-refractivity contribution in [3.63, 3.8) is 0 Å². The fraction of sp³-hybridized carbons (Fsp3) is 0.0588. The van der Waals surface area contributed by atoms with E-state index in [2.05, 4.69) is 205 Å². The van der Waals surface area contributed by atoms with E-state index in [0.717, 1.165) is 17.1 Å². The molecule has 0 amide bonds. The highest BCUT2D eigenvalue weighted by Gasteiger charge is 2.35. The number of rotatable bonds is 5. The van der Waals surface area contributed by atoms with E-state index in [1.165, 1.54) is 81.0 Å². The molecule has 2 heterocycles. The number of thiophene rings is 1. The number of hydrogen-bond donors (Lipinski definition) is 0. The molecule has 11 rings (SSSR count). The first-order valence-electron chi connectivity index (χ1n) is 18.7. The van der Waals surface area contributed by atoms with Crippen LogP contribution in [0.3, 0.4) is 0 Å². The molecule has 0 saturated carbocycles. The molecule has 0 radical (unpaired) electrons. The first kappa shape index (κ1) is 31.1. The molecular weight excluding hydrogens is 673 g/mol. The van der Waals surface area contributed by atoms with Crippen LogP contribution in [-0.2, 0) is 5.41 Å². The predicted molar refractivity (Wildman–Crippen MR) is 231 cm³/mol. The Morgan fingerprint density at radius 3 is 1.76 bits per heavy atom. The van der Waals surface area contributed by atoms with E-state index in [0.29, 0.717) is 0 Å². The van der Waals surface area contributed by atoms with Gasteiger partial charge in [0.25, 0.3) is 0 Å². The Hall–Kier alpha value is -6.42. The summed E-state index contributed by atoms with van der Waals surface area (Å²) in [5, 5.41) is 5.14. The van der Waals surface area contributed by atoms with Crippen molar-refractivity contribution in [2.45, 2.75) is 19.3 Å². The zero-order valence-electron chi connectivity index (χ0n) is 30.1. The number of anilines is 3. The summed E-state index contributed by atoms with van der Waals surface area (Å²) in [6, 6.07) is 67.1. The lowest BCUT2D eigenvalue weighted by molar-refractivity contribution is 0.660. The van der Waals surface area contributed by atoms with Gasteiger partial charge in [-0.1, -0.05) is 129 Å². The summed E-state index contributed by atoms with van der Waals surface area (Å²) in [4.78, 5) is 2.43. The fourth-order valence-corrected chi connectivity index (χ4v) is 10.1. The van der Waals surface area contributed by atoms with Crippen LogP contribution in [0.25, 0.3) is 69.9 Å². The standard InChI is InChI=1S/C51H36N2S/c1-51(2)44-18-8-3-14-38(44)42-31-35(27-29-45(42)51)52(36-28-30-50-43(32-36)41-17-7-12-22-49(41)54-50)34-25-23-33(24-26-34)37-13-4-9-19-46(37)53-47-20-10-5-15-39(47)40-16-6-11-21-48(40)53/h3-32H,1-2H3. The van der Waals surface area contributed by atoms with E-state index in [-0.39, 0.29) is 5.41 Å². The van der Waals surface area contributed by atoms with E-state index >= 15 is 0 Å². The lowest BCUT2D eigenvalue weighted by Crippen LogP contribution is -2.15. The predicted octanol–water partition coefficient (Wildman–Crippen LogP) is 14.6. The molecule has 1 aliphatic rings. The van der Waals surface area contributed by atoms with Crippen molar-refractivity contribution >= 4 is 70.4 Å². The van der Waals surface area contributed by atoms with Crippen molar-refractivity contribution in [3.05, 3.63) is 193 Å². The number of para-hydroxylation sites is 3. The van der Waals surface area contributed by atoms with Gasteiger partial charge in [0, 0.05) is 59.0 Å². The van der Waals surface area contributed by atoms with E-state index < -0.39 is 0 Å². The van der Waals surface area contributed by atoms with Gasteiger partial charge in [-0.15, -0.1) is 11.3 Å². The number of hydrogen-bond acceptors (Lipinski definition) is 2. The molecule has 0 aliphatic heterocycles. The molecular formula is C51H36N2S. The largest absolute Gasteiger partial charge is 0.310 e. The smallest absolute Gasteiger partial charge is 0.0541 e. The zero-order chi connectivity index (χ0) is 36.0. The van der Waals surface area contributed by atoms with Gasteiger partial charge in [0.2, 0.25) is 0 Å². The van der Waals surface area contributed by atoms with Gasteiger partial charge in [-0.3, -0.25) is 0 Å². The van der Waals surface area contributed by atoms with Gasteiger partial charge in [0.05, 0.1) is 16.7 Å². The van der Waals surface area contributed by atoms with Crippen molar-refractivity contribution in [2.75, 3.05) is 4.90 Å². The van der Waals surface area contributed by atoms with Crippen molar-refractivity contribution in [3.8, 4) is 27.9 Å². The molecule has 0 atom stereocenters. The molecule has 10 aromatic rings.